The van der Waals surface area contributed by atoms with E-state index in [4.69, 9.17) is 40.9 Å². The number of phenolic OH excluding ortho intramolecular Hbond substituents is 3. The molecule has 0 unspecified atom stereocenters. The quantitative estimate of drug-likeness (QED) is 0.0538. The Labute approximate surface area is 296 Å². The number of benzene rings is 2. The fourth-order valence-electron chi connectivity index (χ4n) is 5.65. The molecule has 2 fully saturated rings. The van der Waals surface area contributed by atoms with Crippen LogP contribution in [0.3, 0.4) is 0 Å². The number of nitrogens with two attached hydrogens (primary N) is 3. The van der Waals surface area contributed by atoms with Crippen LogP contribution in [0.2, 0.25) is 0 Å². The van der Waals surface area contributed by atoms with E-state index in [2.05, 4.69) is 0 Å². The second kappa shape index (κ2) is 16.3. The van der Waals surface area contributed by atoms with Crippen molar-refractivity contribution in [1.29, 1.82) is 0 Å². The summed E-state index contributed by atoms with van der Waals surface area (Å²) in [5.74, 6) is -3.55. The molecule has 2 aromatic carbocycles. The lowest BCUT2D eigenvalue weighted by molar-refractivity contribution is -0.356. The molecule has 0 amide bonds. The van der Waals surface area contributed by atoms with Crippen LogP contribution in [0.15, 0.2) is 18.2 Å². The van der Waals surface area contributed by atoms with Crippen molar-refractivity contribution in [2.45, 2.75) is 82.2 Å². The van der Waals surface area contributed by atoms with E-state index < -0.39 is 98.1 Å². The van der Waals surface area contributed by atoms with Gasteiger partial charge in [0.05, 0.1) is 30.3 Å². The number of anilines is 3. The number of esters is 2. The van der Waals surface area contributed by atoms with Gasteiger partial charge in [0.15, 0.2) is 23.9 Å². The lowest BCUT2D eigenvalue weighted by Crippen LogP contribution is -2.65. The van der Waals surface area contributed by atoms with Gasteiger partial charge in [0.25, 0.3) is 0 Å². The van der Waals surface area contributed by atoms with Crippen molar-refractivity contribution in [2.75, 3.05) is 30.4 Å². The Balaban J connectivity index is 1.63. The van der Waals surface area contributed by atoms with Gasteiger partial charge in [-0.1, -0.05) is 0 Å². The third-order valence-electron chi connectivity index (χ3n) is 8.90. The molecule has 0 spiro atoms. The zero-order valence-corrected chi connectivity index (χ0v) is 28.2. The molecule has 2 heterocycles. The van der Waals surface area contributed by atoms with Crippen molar-refractivity contribution in [3.63, 3.8) is 0 Å². The first-order valence-corrected chi connectivity index (χ1v) is 15.8. The van der Waals surface area contributed by atoms with Crippen LogP contribution in [-0.2, 0) is 33.3 Å². The van der Waals surface area contributed by atoms with Crippen LogP contribution in [-0.4, -0.2) is 133 Å². The molecule has 19 heteroatoms. The second-order valence-corrected chi connectivity index (χ2v) is 12.3. The minimum Gasteiger partial charge on any atom is -0.505 e. The number of aromatic hydroxyl groups is 3. The summed E-state index contributed by atoms with van der Waals surface area (Å²) in [6.45, 7) is 2.92. The Morgan fingerprint density at radius 2 is 1.29 bits per heavy atom. The van der Waals surface area contributed by atoms with Crippen LogP contribution in [0.25, 0.3) is 12.2 Å². The van der Waals surface area contributed by atoms with Crippen molar-refractivity contribution in [3.8, 4) is 17.2 Å². The standard InChI is InChI=1S/C33H43N3O16/c1-11-8-14(20(34)26(44)23(11)41)4-6-19(40)51-33-29(47)31(52-32-28(46)27(45)25(43)16(9-37)48-32)30(17(10-38)49-33)50-18(39)7-5-15-12(2)13(3)24(42)22(36)21(15)35/h4-8,16-17,25,27-33,37-38,41-47H,9-10,34-36H2,1-3H3/b6-4+,7-5+/t16-,17+,25-,27-,28+,29+,30+,31-,32+,33-/m0/s1. The first kappa shape index (κ1) is 40.1. The number of carbonyl (C=O) groups is 2. The van der Waals surface area contributed by atoms with E-state index in [0.717, 1.165) is 18.2 Å². The third-order valence-corrected chi connectivity index (χ3v) is 8.90. The average Bonchev–Trinajstić information content (AvgIpc) is 3.12. The summed E-state index contributed by atoms with van der Waals surface area (Å²) < 4.78 is 27.5. The van der Waals surface area contributed by atoms with Crippen LogP contribution >= 0.6 is 0 Å². The maximum Gasteiger partial charge on any atom is 0.333 e. The molecule has 0 radical (unpaired) electrons. The van der Waals surface area contributed by atoms with E-state index in [1.165, 1.54) is 19.1 Å². The summed E-state index contributed by atoms with van der Waals surface area (Å²) in [5.41, 5.74) is 18.8. The van der Waals surface area contributed by atoms with Gasteiger partial charge in [0, 0.05) is 23.3 Å². The Morgan fingerprint density at radius 1 is 0.692 bits per heavy atom. The van der Waals surface area contributed by atoms with Crippen molar-refractivity contribution >= 4 is 41.2 Å². The lowest BCUT2D eigenvalue weighted by atomic mass is 9.96. The van der Waals surface area contributed by atoms with Crippen LogP contribution < -0.4 is 17.2 Å². The molecule has 2 aliphatic rings. The number of hydrogen-bond donors (Lipinski definition) is 12. The van der Waals surface area contributed by atoms with Gasteiger partial charge in [-0.2, -0.15) is 0 Å². The normalized spacial score (nSPS) is 29.4. The zero-order valence-electron chi connectivity index (χ0n) is 28.2. The molecular formula is C33H43N3O16. The van der Waals surface area contributed by atoms with E-state index in [9.17, 15) is 55.5 Å². The molecule has 2 aliphatic heterocycles. The first-order chi connectivity index (χ1) is 24.4. The molecule has 286 valence electrons. The van der Waals surface area contributed by atoms with E-state index in [1.54, 1.807) is 13.8 Å². The first-order valence-electron chi connectivity index (χ1n) is 15.8. The Hall–Kier alpha value is -4.70. The number of ether oxygens (including phenoxy) is 5. The van der Waals surface area contributed by atoms with E-state index in [1.807, 2.05) is 0 Å². The molecule has 19 nitrogen and oxygen atoms in total. The van der Waals surface area contributed by atoms with Crippen molar-refractivity contribution in [1.82, 2.24) is 0 Å². The molecule has 0 aromatic heterocycles. The van der Waals surface area contributed by atoms with E-state index >= 15 is 0 Å². The van der Waals surface area contributed by atoms with Gasteiger partial charge in [-0.15, -0.1) is 0 Å². The van der Waals surface area contributed by atoms with Gasteiger partial charge in [-0.05, 0) is 55.7 Å². The summed E-state index contributed by atoms with van der Waals surface area (Å²) in [7, 11) is 0. The van der Waals surface area contributed by atoms with Crippen LogP contribution in [0.1, 0.15) is 27.8 Å². The minimum atomic E-state index is -2.06. The van der Waals surface area contributed by atoms with Gasteiger partial charge < -0.3 is 86.8 Å². The average molecular weight is 738 g/mol. The highest BCUT2D eigenvalue weighted by Crippen LogP contribution is 2.39. The SMILES string of the molecule is Cc1cc(/C=C/C(=O)O[C@@H]2O[C@H](CO)[C@@H](OC(=O)/C=C/c3c(C)c(C)c(O)c(N)c3N)[C@@H](O[C@H]3O[C@@H](CO)[C@H](O)[C@H](O)[C@H]3O)[C@H]2O)c(N)c(O)c1O. The van der Waals surface area contributed by atoms with Crippen molar-refractivity contribution in [2.24, 2.45) is 0 Å². The fraction of sp³-hybridized carbons (Fsp3) is 0.455. The third kappa shape index (κ3) is 8.02. The minimum absolute atomic E-state index is 0.0307. The van der Waals surface area contributed by atoms with Gasteiger partial charge >= 0.3 is 11.9 Å². The highest BCUT2D eigenvalue weighted by Gasteiger charge is 2.53. The van der Waals surface area contributed by atoms with Gasteiger partial charge in [0.2, 0.25) is 6.29 Å². The fourth-order valence-corrected chi connectivity index (χ4v) is 5.65. The molecule has 0 bridgehead atoms. The molecule has 4 rings (SSSR count). The predicted molar refractivity (Wildman–Crippen MR) is 180 cm³/mol. The Kier molecular flexibility index (Phi) is 12.6. The lowest BCUT2D eigenvalue weighted by Gasteiger charge is -2.46. The van der Waals surface area contributed by atoms with Crippen LogP contribution in [0.4, 0.5) is 17.1 Å². The maximum atomic E-state index is 13.2. The van der Waals surface area contributed by atoms with E-state index in [0.29, 0.717) is 11.1 Å². The molecule has 2 aromatic rings. The highest BCUT2D eigenvalue weighted by atomic mass is 16.8. The van der Waals surface area contributed by atoms with Gasteiger partial charge in [-0.3, -0.25) is 0 Å². The maximum absolute atomic E-state index is 13.2. The molecule has 52 heavy (non-hydrogen) atoms. The molecule has 10 atom stereocenters. The number of hydrogen-bond acceptors (Lipinski definition) is 19. The molecule has 15 N–H and O–H groups in total. The number of aryl methyl sites for hydroxylation is 1. The number of carbonyl (C=O) groups excluding carboxylic acids is 2. The number of phenols is 3. The van der Waals surface area contributed by atoms with Crippen molar-refractivity contribution < 1.29 is 79.2 Å². The Morgan fingerprint density at radius 3 is 1.92 bits per heavy atom. The molecule has 2 saturated heterocycles. The predicted octanol–water partition coefficient (Wildman–Crippen LogP) is -2.08. The monoisotopic (exact) mass is 737 g/mol. The second-order valence-electron chi connectivity index (χ2n) is 12.3. The number of aliphatic hydroxyl groups is 6. The van der Waals surface area contributed by atoms with Crippen LogP contribution in [0.5, 0.6) is 17.2 Å². The van der Waals surface area contributed by atoms with Gasteiger partial charge in [0.1, 0.15) is 48.5 Å². The molecular weight excluding hydrogens is 694 g/mol. The zero-order chi connectivity index (χ0) is 38.8. The Bertz CT molecular complexity index is 1690. The smallest absolute Gasteiger partial charge is 0.333 e. The van der Waals surface area contributed by atoms with Crippen LogP contribution in [0, 0.1) is 20.8 Å². The number of aliphatic hydroxyl groups excluding tert-OH is 6. The largest absolute Gasteiger partial charge is 0.505 e. The van der Waals surface area contributed by atoms with Crippen molar-refractivity contribution in [3.05, 3.63) is 46.0 Å². The summed E-state index contributed by atoms with van der Waals surface area (Å²) >= 11 is 0. The molecule has 0 saturated carbocycles. The van der Waals surface area contributed by atoms with E-state index in [-0.39, 0.29) is 39.5 Å². The van der Waals surface area contributed by atoms with Gasteiger partial charge in [-0.25, -0.2) is 9.59 Å². The summed E-state index contributed by atoms with van der Waals surface area (Å²) in [6, 6.07) is 1.37. The number of nitrogen functional groups attached to an aromatic ring is 3. The molecule has 0 aliphatic carbocycles. The topological polar surface area (TPSA) is 340 Å². The highest BCUT2D eigenvalue weighted by molar-refractivity contribution is 5.92. The summed E-state index contributed by atoms with van der Waals surface area (Å²) in [5, 5.41) is 92.4. The summed E-state index contributed by atoms with van der Waals surface area (Å²) in [6.07, 6.45) is -14.0. The summed E-state index contributed by atoms with van der Waals surface area (Å²) in [4.78, 5) is 26.0. The number of rotatable bonds is 10.